The number of hydroxylamine groups is 2. The van der Waals surface area contributed by atoms with Gasteiger partial charge in [0.15, 0.2) is 0 Å². The third-order valence-electron chi connectivity index (χ3n) is 4.28. The Morgan fingerprint density at radius 2 is 1.67 bits per heavy atom. The monoisotopic (exact) mass is 327 g/mol. The fourth-order valence-corrected chi connectivity index (χ4v) is 2.85. The lowest BCUT2D eigenvalue weighted by atomic mass is 10.0. The first kappa shape index (κ1) is 18.0. The van der Waals surface area contributed by atoms with E-state index in [1.165, 1.54) is 29.2 Å². The molecule has 1 amide bonds. The molecule has 0 saturated heterocycles. The van der Waals surface area contributed by atoms with E-state index in [0.717, 1.165) is 16.4 Å². The third kappa shape index (κ3) is 4.15. The zero-order chi connectivity index (χ0) is 17.9. The van der Waals surface area contributed by atoms with E-state index in [0.29, 0.717) is 6.61 Å². The van der Waals surface area contributed by atoms with E-state index in [1.807, 2.05) is 24.3 Å². The summed E-state index contributed by atoms with van der Waals surface area (Å²) in [6.07, 6.45) is 0. The molecule has 1 N–H and O–H groups in total. The molecule has 0 aromatic heterocycles. The zero-order valence-electron chi connectivity index (χ0n) is 15.0. The highest BCUT2D eigenvalue weighted by molar-refractivity contribution is 5.72. The number of hydrogen-bond donors (Lipinski definition) is 1. The first-order chi connectivity index (χ1) is 11.3. The van der Waals surface area contributed by atoms with Crippen LogP contribution in [-0.4, -0.2) is 16.2 Å². The first-order valence-electron chi connectivity index (χ1n) is 8.07. The van der Waals surface area contributed by atoms with Gasteiger partial charge in [-0.3, -0.25) is 10.0 Å². The van der Waals surface area contributed by atoms with E-state index in [9.17, 15) is 10.0 Å². The SMILES string of the molecule is CC(=O)N(O)C(C)c1ccc(OCc2c(C)cc(C)cc2C)cc1. The van der Waals surface area contributed by atoms with Crippen LogP contribution in [0.4, 0.5) is 0 Å². The van der Waals surface area contributed by atoms with Gasteiger partial charge in [0.2, 0.25) is 5.91 Å². The Bertz CT molecular complexity index is 699. The molecule has 2 rings (SSSR count). The molecule has 24 heavy (non-hydrogen) atoms. The fourth-order valence-electron chi connectivity index (χ4n) is 2.85. The van der Waals surface area contributed by atoms with Crippen LogP contribution in [-0.2, 0) is 11.4 Å². The zero-order valence-corrected chi connectivity index (χ0v) is 15.0. The van der Waals surface area contributed by atoms with E-state index in [4.69, 9.17) is 4.74 Å². The lowest BCUT2D eigenvalue weighted by Gasteiger charge is -2.21. The van der Waals surface area contributed by atoms with Gasteiger partial charge in [0.05, 0.1) is 6.04 Å². The molecule has 0 bridgehead atoms. The van der Waals surface area contributed by atoms with Crippen LogP contribution in [0.2, 0.25) is 0 Å². The van der Waals surface area contributed by atoms with Crippen LogP contribution in [0.5, 0.6) is 5.75 Å². The maximum Gasteiger partial charge on any atom is 0.243 e. The average molecular weight is 327 g/mol. The molecule has 0 saturated carbocycles. The number of hydrogen-bond acceptors (Lipinski definition) is 3. The molecule has 4 heteroatoms. The highest BCUT2D eigenvalue weighted by Crippen LogP contribution is 2.23. The Morgan fingerprint density at radius 3 is 2.17 bits per heavy atom. The first-order valence-corrected chi connectivity index (χ1v) is 8.07. The molecule has 2 aromatic carbocycles. The minimum Gasteiger partial charge on any atom is -0.489 e. The van der Waals surface area contributed by atoms with E-state index in [-0.39, 0.29) is 5.91 Å². The molecule has 0 heterocycles. The highest BCUT2D eigenvalue weighted by Gasteiger charge is 2.16. The maximum absolute atomic E-state index is 11.2. The standard InChI is InChI=1S/C20H25NO3/c1-13-10-14(2)20(15(3)11-13)12-24-19-8-6-18(7-9-19)16(4)21(23)17(5)22/h6-11,16,23H,12H2,1-5H3. The fraction of sp³-hybridized carbons (Fsp3) is 0.350. The normalized spacial score (nSPS) is 11.9. The van der Waals surface area contributed by atoms with Crippen molar-refractivity contribution < 1.29 is 14.7 Å². The van der Waals surface area contributed by atoms with Crippen LogP contribution in [0.3, 0.4) is 0 Å². The quantitative estimate of drug-likeness (QED) is 0.650. The van der Waals surface area contributed by atoms with Gasteiger partial charge >= 0.3 is 0 Å². The molecule has 1 atom stereocenters. The van der Waals surface area contributed by atoms with Crippen LogP contribution in [0.15, 0.2) is 36.4 Å². The van der Waals surface area contributed by atoms with E-state index in [1.54, 1.807) is 6.92 Å². The van der Waals surface area contributed by atoms with Crippen LogP contribution >= 0.6 is 0 Å². The number of amides is 1. The van der Waals surface area contributed by atoms with Crippen molar-refractivity contribution in [3.8, 4) is 5.75 Å². The van der Waals surface area contributed by atoms with Crippen molar-refractivity contribution in [1.29, 1.82) is 0 Å². The number of carbonyl (C=O) groups is 1. The summed E-state index contributed by atoms with van der Waals surface area (Å²) < 4.78 is 5.89. The van der Waals surface area contributed by atoms with Gasteiger partial charge in [-0.1, -0.05) is 29.8 Å². The summed E-state index contributed by atoms with van der Waals surface area (Å²) in [6.45, 7) is 9.92. The predicted molar refractivity (Wildman–Crippen MR) is 94.1 cm³/mol. The van der Waals surface area contributed by atoms with E-state index >= 15 is 0 Å². The van der Waals surface area contributed by atoms with Crippen LogP contribution < -0.4 is 4.74 Å². The molecule has 0 spiro atoms. The maximum atomic E-state index is 11.2. The molecule has 0 aliphatic carbocycles. The van der Waals surface area contributed by atoms with Crippen molar-refractivity contribution in [1.82, 2.24) is 5.06 Å². The summed E-state index contributed by atoms with van der Waals surface area (Å²) in [7, 11) is 0. The van der Waals surface area contributed by atoms with Gasteiger partial charge in [-0.2, -0.15) is 0 Å². The second kappa shape index (κ2) is 7.49. The van der Waals surface area contributed by atoms with E-state index < -0.39 is 6.04 Å². The molecule has 4 nitrogen and oxygen atoms in total. The second-order valence-electron chi connectivity index (χ2n) is 6.27. The Morgan fingerprint density at radius 1 is 1.12 bits per heavy atom. The van der Waals surface area contributed by atoms with Crippen molar-refractivity contribution in [2.45, 2.75) is 47.3 Å². The summed E-state index contributed by atoms with van der Waals surface area (Å²) in [5, 5.41) is 10.4. The highest BCUT2D eigenvalue weighted by atomic mass is 16.5. The molecule has 0 radical (unpaired) electrons. The summed E-state index contributed by atoms with van der Waals surface area (Å²) in [4.78, 5) is 11.2. The van der Waals surface area contributed by atoms with Crippen molar-refractivity contribution >= 4 is 5.91 Å². The van der Waals surface area contributed by atoms with Crippen molar-refractivity contribution in [3.63, 3.8) is 0 Å². The lowest BCUT2D eigenvalue weighted by Crippen LogP contribution is -2.27. The van der Waals surface area contributed by atoms with Crippen LogP contribution in [0, 0.1) is 20.8 Å². The molecule has 128 valence electrons. The van der Waals surface area contributed by atoms with Gasteiger partial charge in [-0.05, 0) is 62.1 Å². The minimum atomic E-state index is -0.391. The van der Waals surface area contributed by atoms with E-state index in [2.05, 4.69) is 32.9 Å². The van der Waals surface area contributed by atoms with Crippen molar-refractivity contribution in [3.05, 3.63) is 64.2 Å². The third-order valence-corrected chi connectivity index (χ3v) is 4.28. The lowest BCUT2D eigenvalue weighted by molar-refractivity contribution is -0.172. The largest absolute Gasteiger partial charge is 0.489 e. The number of rotatable bonds is 5. The minimum absolute atomic E-state index is 0.381. The Hall–Kier alpha value is -2.33. The average Bonchev–Trinajstić information content (AvgIpc) is 2.53. The molecular formula is C20H25NO3. The van der Waals surface area contributed by atoms with Crippen molar-refractivity contribution in [2.75, 3.05) is 0 Å². The van der Waals surface area contributed by atoms with Crippen molar-refractivity contribution in [2.24, 2.45) is 0 Å². The molecule has 1 unspecified atom stereocenters. The summed E-state index contributed by atoms with van der Waals surface area (Å²) in [6, 6.07) is 11.4. The van der Waals surface area contributed by atoms with Gasteiger partial charge in [0, 0.05) is 6.92 Å². The summed E-state index contributed by atoms with van der Waals surface area (Å²) >= 11 is 0. The Balaban J connectivity index is 2.06. The molecule has 0 aliphatic rings. The van der Waals surface area contributed by atoms with Gasteiger partial charge in [-0.15, -0.1) is 0 Å². The molecule has 0 aliphatic heterocycles. The summed E-state index contributed by atoms with van der Waals surface area (Å²) in [5.74, 6) is 0.380. The summed E-state index contributed by atoms with van der Waals surface area (Å²) in [5.41, 5.74) is 5.77. The number of nitrogens with zero attached hydrogens (tertiary/aromatic N) is 1. The number of ether oxygens (including phenoxy) is 1. The van der Waals surface area contributed by atoms with Gasteiger partial charge < -0.3 is 4.74 Å². The number of benzene rings is 2. The van der Waals surface area contributed by atoms with Gasteiger partial charge in [0.25, 0.3) is 0 Å². The Kier molecular flexibility index (Phi) is 5.62. The van der Waals surface area contributed by atoms with Crippen LogP contribution in [0.1, 0.15) is 47.7 Å². The Labute approximate surface area is 143 Å². The molecule has 2 aromatic rings. The van der Waals surface area contributed by atoms with Gasteiger partial charge in [-0.25, -0.2) is 5.06 Å². The second-order valence-corrected chi connectivity index (χ2v) is 6.27. The number of carbonyl (C=O) groups excluding carboxylic acids is 1. The van der Waals surface area contributed by atoms with Gasteiger partial charge in [0.1, 0.15) is 12.4 Å². The smallest absolute Gasteiger partial charge is 0.243 e. The predicted octanol–water partition coefficient (Wildman–Crippen LogP) is 4.49. The topological polar surface area (TPSA) is 49.8 Å². The number of aryl methyl sites for hydroxylation is 3. The molecule has 0 fully saturated rings. The molecular weight excluding hydrogens is 302 g/mol. The van der Waals surface area contributed by atoms with Crippen LogP contribution in [0.25, 0.3) is 0 Å².